The largest absolute Gasteiger partial charge is 0.466 e. The second kappa shape index (κ2) is 6.52. The molecule has 0 rings (SSSR count). The summed E-state index contributed by atoms with van der Waals surface area (Å²) in [5.41, 5.74) is 0. The predicted octanol–water partition coefficient (Wildman–Crippen LogP) is 0.707. The molecule has 0 unspecified atom stereocenters. The Balaban J connectivity index is 0. The van der Waals surface area contributed by atoms with Crippen LogP contribution in [0.5, 0.6) is 0 Å². The van der Waals surface area contributed by atoms with Crippen molar-refractivity contribution in [3.05, 3.63) is 0 Å². The van der Waals surface area contributed by atoms with Crippen LogP contribution in [-0.4, -0.2) is 20.6 Å². The van der Waals surface area contributed by atoms with Gasteiger partial charge in [0, 0.05) is 5.88 Å². The van der Waals surface area contributed by atoms with Gasteiger partial charge in [-0.2, -0.15) is 0 Å². The third kappa shape index (κ3) is 176. The monoisotopic (exact) mass is 176 g/mol. The fourth-order valence-corrected chi connectivity index (χ4v) is 0. The molecule has 0 radical (unpaired) electrons. The van der Waals surface area contributed by atoms with Gasteiger partial charge in [0.2, 0.25) is 0 Å². The molecular weight excluding hydrogens is 166 g/mol. The SMILES string of the molecule is CCCCl.O=P(O)(O)O. The quantitative estimate of drug-likeness (QED) is 0.406. The molecule has 3 N–H and O–H groups in total. The Morgan fingerprint density at radius 1 is 1.44 bits per heavy atom. The minimum atomic E-state index is -4.64. The zero-order valence-corrected chi connectivity index (χ0v) is 6.64. The van der Waals surface area contributed by atoms with Crippen LogP contribution < -0.4 is 0 Å². The highest BCUT2D eigenvalue weighted by Gasteiger charge is 2.00. The number of rotatable bonds is 1. The molecule has 4 nitrogen and oxygen atoms in total. The minimum Gasteiger partial charge on any atom is -0.303 e. The molecule has 58 valence electrons. The number of phosphoric acid groups is 1. The molecule has 0 aliphatic rings. The summed E-state index contributed by atoms with van der Waals surface area (Å²) >= 11 is 5.19. The first-order valence-corrected chi connectivity index (χ1v) is 4.36. The molecule has 0 heterocycles. The van der Waals surface area contributed by atoms with Crippen LogP contribution in [0.25, 0.3) is 0 Å². The van der Waals surface area contributed by atoms with E-state index in [0.717, 1.165) is 12.3 Å². The molecule has 0 aromatic rings. The van der Waals surface area contributed by atoms with Gasteiger partial charge < -0.3 is 14.7 Å². The molecular formula is C3H10ClO4P. The molecule has 0 aliphatic heterocycles. The van der Waals surface area contributed by atoms with Crippen molar-refractivity contribution in [3.63, 3.8) is 0 Å². The lowest BCUT2D eigenvalue weighted by Crippen LogP contribution is -1.66. The van der Waals surface area contributed by atoms with Crippen LogP contribution in [0.3, 0.4) is 0 Å². The normalized spacial score (nSPS) is 9.89. The molecule has 6 heteroatoms. The Morgan fingerprint density at radius 3 is 1.56 bits per heavy atom. The maximum absolute atomic E-state index is 8.88. The molecule has 0 atom stereocenters. The van der Waals surface area contributed by atoms with E-state index < -0.39 is 7.82 Å². The lowest BCUT2D eigenvalue weighted by Gasteiger charge is -1.82. The van der Waals surface area contributed by atoms with Gasteiger partial charge in [-0.15, -0.1) is 11.6 Å². The standard InChI is InChI=1S/C3H7Cl.H3O4P/c1-2-3-4;1-5(2,3)4/h2-3H2,1H3;(H3,1,2,3,4). The molecule has 0 bridgehead atoms. The van der Waals surface area contributed by atoms with Crippen LogP contribution in [-0.2, 0) is 4.57 Å². The fraction of sp³-hybridized carbons (Fsp3) is 1.00. The van der Waals surface area contributed by atoms with Gasteiger partial charge >= 0.3 is 7.82 Å². The molecule has 0 aromatic heterocycles. The van der Waals surface area contributed by atoms with Gasteiger partial charge in [0.15, 0.2) is 0 Å². The molecule has 9 heavy (non-hydrogen) atoms. The van der Waals surface area contributed by atoms with Crippen LogP contribution in [0.4, 0.5) is 0 Å². The maximum atomic E-state index is 8.88. The average molecular weight is 177 g/mol. The summed E-state index contributed by atoms with van der Waals surface area (Å²) in [6.07, 6.45) is 1.08. The first-order valence-electron chi connectivity index (χ1n) is 2.26. The zero-order valence-electron chi connectivity index (χ0n) is 4.99. The van der Waals surface area contributed by atoms with Crippen molar-refractivity contribution in [2.75, 3.05) is 5.88 Å². The van der Waals surface area contributed by atoms with Crippen molar-refractivity contribution in [3.8, 4) is 0 Å². The van der Waals surface area contributed by atoms with Crippen LogP contribution in [0, 0.1) is 0 Å². The average Bonchev–Trinajstić information content (AvgIpc) is 1.61. The predicted molar refractivity (Wildman–Crippen MR) is 35.3 cm³/mol. The topological polar surface area (TPSA) is 77.8 Å². The van der Waals surface area contributed by atoms with Crippen molar-refractivity contribution in [1.82, 2.24) is 0 Å². The molecule has 0 spiro atoms. The van der Waals surface area contributed by atoms with E-state index in [-0.39, 0.29) is 0 Å². The minimum absolute atomic E-state index is 0.792. The molecule has 0 aliphatic carbocycles. The second-order valence-corrected chi connectivity index (χ2v) is 2.61. The number of alkyl halides is 1. The Labute approximate surface area is 58.7 Å². The van der Waals surface area contributed by atoms with Crippen molar-refractivity contribution in [2.45, 2.75) is 13.3 Å². The zero-order chi connectivity index (χ0) is 7.91. The lowest BCUT2D eigenvalue weighted by atomic mass is 10.6. The summed E-state index contributed by atoms with van der Waals surface area (Å²) in [6, 6.07) is 0. The Hall–Kier alpha value is 0.400. The highest BCUT2D eigenvalue weighted by molar-refractivity contribution is 7.45. The van der Waals surface area contributed by atoms with Crippen molar-refractivity contribution in [2.24, 2.45) is 0 Å². The second-order valence-electron chi connectivity index (χ2n) is 1.20. The highest BCUT2D eigenvalue weighted by Crippen LogP contribution is 2.25. The van der Waals surface area contributed by atoms with Gasteiger partial charge in [-0.3, -0.25) is 0 Å². The summed E-state index contributed by atoms with van der Waals surface area (Å²) in [5.74, 6) is 0.792. The van der Waals surface area contributed by atoms with Crippen molar-refractivity contribution in [1.29, 1.82) is 0 Å². The van der Waals surface area contributed by atoms with E-state index in [1.54, 1.807) is 0 Å². The molecule has 0 saturated heterocycles. The first kappa shape index (κ1) is 12.1. The van der Waals surface area contributed by atoms with Crippen molar-refractivity contribution >= 4 is 19.4 Å². The Kier molecular flexibility index (Phi) is 8.77. The molecule has 0 aromatic carbocycles. The van der Waals surface area contributed by atoms with Crippen LogP contribution in [0.2, 0.25) is 0 Å². The summed E-state index contributed by atoms with van der Waals surface area (Å²) in [4.78, 5) is 21.6. The van der Waals surface area contributed by atoms with Gasteiger partial charge in [0.1, 0.15) is 0 Å². The molecule has 0 saturated carbocycles. The lowest BCUT2D eigenvalue weighted by molar-refractivity contribution is 0.275. The maximum Gasteiger partial charge on any atom is 0.466 e. The molecule has 0 fully saturated rings. The number of hydrogen-bond acceptors (Lipinski definition) is 1. The van der Waals surface area contributed by atoms with Crippen molar-refractivity contribution < 1.29 is 19.2 Å². The third-order valence-electron chi connectivity index (χ3n) is 0.189. The Morgan fingerprint density at radius 2 is 1.56 bits per heavy atom. The number of halogens is 1. The molecule has 0 amide bonds. The van der Waals surface area contributed by atoms with Crippen LogP contribution in [0.15, 0.2) is 0 Å². The Bertz CT molecular complexity index is 79.5. The first-order chi connectivity index (χ1) is 3.91. The third-order valence-corrected chi connectivity index (χ3v) is 0.567. The van der Waals surface area contributed by atoms with Gasteiger partial charge in [0.25, 0.3) is 0 Å². The van der Waals surface area contributed by atoms with E-state index in [4.69, 9.17) is 30.8 Å². The van der Waals surface area contributed by atoms with E-state index in [1.165, 1.54) is 0 Å². The summed E-state index contributed by atoms with van der Waals surface area (Å²) < 4.78 is 8.88. The summed E-state index contributed by atoms with van der Waals surface area (Å²) in [5, 5.41) is 0. The highest BCUT2D eigenvalue weighted by atomic mass is 35.5. The fourth-order valence-electron chi connectivity index (χ4n) is 0. The van der Waals surface area contributed by atoms with E-state index in [1.807, 2.05) is 6.92 Å². The van der Waals surface area contributed by atoms with Crippen LogP contribution in [0.1, 0.15) is 13.3 Å². The van der Waals surface area contributed by atoms with Gasteiger partial charge in [-0.05, 0) is 6.42 Å². The smallest absolute Gasteiger partial charge is 0.303 e. The van der Waals surface area contributed by atoms with E-state index >= 15 is 0 Å². The van der Waals surface area contributed by atoms with Gasteiger partial charge in [-0.1, -0.05) is 6.92 Å². The van der Waals surface area contributed by atoms with Crippen LogP contribution >= 0.6 is 19.4 Å². The number of hydrogen-bond donors (Lipinski definition) is 3. The van der Waals surface area contributed by atoms with E-state index in [2.05, 4.69) is 0 Å². The van der Waals surface area contributed by atoms with Gasteiger partial charge in [0.05, 0.1) is 0 Å². The van der Waals surface area contributed by atoms with E-state index in [9.17, 15) is 0 Å². The van der Waals surface area contributed by atoms with E-state index in [0.29, 0.717) is 0 Å². The summed E-state index contributed by atoms with van der Waals surface area (Å²) in [6.45, 7) is 2.05. The van der Waals surface area contributed by atoms with Gasteiger partial charge in [-0.25, -0.2) is 4.57 Å². The summed E-state index contributed by atoms with van der Waals surface area (Å²) in [7, 11) is -4.64.